The molecule has 1 aromatic carbocycles. The highest BCUT2D eigenvalue weighted by molar-refractivity contribution is 7.89. The largest absolute Gasteiger partial charge is 0.397 e. The number of hydrogen-bond donors (Lipinski definition) is 2. The van der Waals surface area contributed by atoms with Crippen molar-refractivity contribution in [1.29, 1.82) is 0 Å². The van der Waals surface area contributed by atoms with Crippen molar-refractivity contribution in [3.63, 3.8) is 0 Å². The number of anilines is 2. The van der Waals surface area contributed by atoms with Crippen molar-refractivity contribution >= 4 is 21.4 Å². The van der Waals surface area contributed by atoms with Gasteiger partial charge in [0, 0.05) is 13.1 Å². The van der Waals surface area contributed by atoms with Crippen LogP contribution >= 0.6 is 0 Å². The molecule has 1 aliphatic heterocycles. The fourth-order valence-electron chi connectivity index (χ4n) is 2.90. The van der Waals surface area contributed by atoms with Gasteiger partial charge in [0.2, 0.25) is 10.0 Å². The summed E-state index contributed by atoms with van der Waals surface area (Å²) < 4.78 is 26.2. The van der Waals surface area contributed by atoms with E-state index in [1.165, 1.54) is 19.9 Å². The zero-order chi connectivity index (χ0) is 15.5. The first-order valence-corrected chi connectivity index (χ1v) is 9.04. The summed E-state index contributed by atoms with van der Waals surface area (Å²) in [6.45, 7) is 4.10. The minimum absolute atomic E-state index is 0.269. The maximum Gasteiger partial charge on any atom is 0.240 e. The lowest BCUT2D eigenvalue weighted by Gasteiger charge is -2.25. The predicted molar refractivity (Wildman–Crippen MR) is 86.9 cm³/mol. The van der Waals surface area contributed by atoms with E-state index in [1.54, 1.807) is 18.2 Å². The topological polar surface area (TPSA) is 75.4 Å². The Morgan fingerprint density at radius 3 is 2.76 bits per heavy atom. The Morgan fingerprint density at radius 1 is 1.33 bits per heavy atom. The average Bonchev–Trinajstić information content (AvgIpc) is 2.73. The van der Waals surface area contributed by atoms with E-state index in [1.807, 2.05) is 0 Å². The smallest absolute Gasteiger partial charge is 0.240 e. The van der Waals surface area contributed by atoms with Crippen molar-refractivity contribution in [1.82, 2.24) is 4.72 Å². The third-order valence-electron chi connectivity index (χ3n) is 4.35. The molecule has 6 heteroatoms. The van der Waals surface area contributed by atoms with Gasteiger partial charge in [-0.05, 0) is 50.4 Å². The first-order chi connectivity index (χ1) is 9.97. The van der Waals surface area contributed by atoms with Crippen LogP contribution in [0.2, 0.25) is 0 Å². The SMILES string of the molecule is CCC1CCCN(c2cc(S(=O)(=O)NC)ccc2N)CC1. The van der Waals surface area contributed by atoms with Crippen LogP contribution < -0.4 is 15.4 Å². The van der Waals surface area contributed by atoms with Crippen molar-refractivity contribution < 1.29 is 8.42 Å². The third-order valence-corrected chi connectivity index (χ3v) is 5.76. The normalized spacial score (nSPS) is 20.3. The van der Waals surface area contributed by atoms with Gasteiger partial charge in [0.1, 0.15) is 0 Å². The number of nitrogen functional groups attached to an aromatic ring is 1. The Hall–Kier alpha value is -1.27. The number of hydrogen-bond acceptors (Lipinski definition) is 4. The van der Waals surface area contributed by atoms with E-state index in [9.17, 15) is 8.42 Å². The monoisotopic (exact) mass is 311 g/mol. The second kappa shape index (κ2) is 6.66. The van der Waals surface area contributed by atoms with E-state index in [-0.39, 0.29) is 4.90 Å². The molecule has 0 saturated carbocycles. The van der Waals surface area contributed by atoms with Gasteiger partial charge >= 0.3 is 0 Å². The number of rotatable bonds is 4. The summed E-state index contributed by atoms with van der Waals surface area (Å²) in [7, 11) is -2.01. The van der Waals surface area contributed by atoms with E-state index in [0.717, 1.165) is 37.5 Å². The molecule has 3 N–H and O–H groups in total. The van der Waals surface area contributed by atoms with Gasteiger partial charge < -0.3 is 10.6 Å². The summed E-state index contributed by atoms with van der Waals surface area (Å²) in [6, 6.07) is 4.92. The Kier molecular flexibility index (Phi) is 5.11. The highest BCUT2D eigenvalue weighted by atomic mass is 32.2. The van der Waals surface area contributed by atoms with Crippen LogP contribution in [-0.4, -0.2) is 28.6 Å². The standard InChI is InChI=1S/C15H25N3O2S/c1-3-12-5-4-9-18(10-8-12)15-11-13(6-7-14(15)16)21(19,20)17-2/h6-7,11-12,17H,3-5,8-10,16H2,1-2H3. The summed E-state index contributed by atoms with van der Waals surface area (Å²) in [6.07, 6.45) is 4.71. The minimum atomic E-state index is -3.43. The predicted octanol–water partition coefficient (Wildman–Crippen LogP) is 2.19. The fourth-order valence-corrected chi connectivity index (χ4v) is 3.65. The zero-order valence-electron chi connectivity index (χ0n) is 12.8. The van der Waals surface area contributed by atoms with Crippen LogP contribution in [0.4, 0.5) is 11.4 Å². The van der Waals surface area contributed by atoms with Gasteiger partial charge in [0.05, 0.1) is 16.3 Å². The van der Waals surface area contributed by atoms with E-state index >= 15 is 0 Å². The molecular weight excluding hydrogens is 286 g/mol. The van der Waals surface area contributed by atoms with E-state index in [4.69, 9.17) is 5.73 Å². The van der Waals surface area contributed by atoms with Crippen molar-refractivity contribution in [3.8, 4) is 0 Å². The third kappa shape index (κ3) is 3.68. The van der Waals surface area contributed by atoms with E-state index in [0.29, 0.717) is 5.69 Å². The van der Waals surface area contributed by atoms with Gasteiger partial charge in [-0.25, -0.2) is 13.1 Å². The van der Waals surface area contributed by atoms with E-state index < -0.39 is 10.0 Å². The molecule has 1 atom stereocenters. The van der Waals surface area contributed by atoms with Gasteiger partial charge in [-0.2, -0.15) is 0 Å². The van der Waals surface area contributed by atoms with Crippen LogP contribution in [0.15, 0.2) is 23.1 Å². The average molecular weight is 311 g/mol. The van der Waals surface area contributed by atoms with Crippen LogP contribution in [0.1, 0.15) is 32.6 Å². The second-order valence-corrected chi connectivity index (χ2v) is 7.51. The lowest BCUT2D eigenvalue weighted by atomic mass is 9.98. The molecule has 1 heterocycles. The van der Waals surface area contributed by atoms with Crippen molar-refractivity contribution in [2.75, 3.05) is 30.8 Å². The molecule has 21 heavy (non-hydrogen) atoms. The molecule has 0 spiro atoms. The Morgan fingerprint density at radius 2 is 2.10 bits per heavy atom. The van der Waals surface area contributed by atoms with Gasteiger partial charge in [0.25, 0.3) is 0 Å². The van der Waals surface area contributed by atoms with Gasteiger partial charge in [-0.15, -0.1) is 0 Å². The van der Waals surface area contributed by atoms with Crippen molar-refractivity contribution in [2.45, 2.75) is 37.5 Å². The number of benzene rings is 1. The van der Waals surface area contributed by atoms with Crippen LogP contribution in [0.25, 0.3) is 0 Å². The van der Waals surface area contributed by atoms with Gasteiger partial charge in [-0.3, -0.25) is 0 Å². The fraction of sp³-hybridized carbons (Fsp3) is 0.600. The zero-order valence-corrected chi connectivity index (χ0v) is 13.6. The number of nitrogens with two attached hydrogens (primary N) is 1. The molecule has 1 fully saturated rings. The van der Waals surface area contributed by atoms with Gasteiger partial charge in [0.15, 0.2) is 0 Å². The maximum absolute atomic E-state index is 11.9. The summed E-state index contributed by atoms with van der Waals surface area (Å²) >= 11 is 0. The first-order valence-electron chi connectivity index (χ1n) is 7.56. The van der Waals surface area contributed by atoms with Crippen LogP contribution in [0, 0.1) is 5.92 Å². The maximum atomic E-state index is 11.9. The highest BCUT2D eigenvalue weighted by Crippen LogP contribution is 2.30. The molecule has 1 aliphatic rings. The second-order valence-electron chi connectivity index (χ2n) is 5.62. The van der Waals surface area contributed by atoms with Crippen molar-refractivity contribution in [2.24, 2.45) is 5.92 Å². The summed E-state index contributed by atoms with van der Waals surface area (Å²) in [4.78, 5) is 2.49. The molecule has 1 saturated heterocycles. The van der Waals surface area contributed by atoms with Crippen molar-refractivity contribution in [3.05, 3.63) is 18.2 Å². The molecule has 0 radical (unpaired) electrons. The van der Waals surface area contributed by atoms with Crippen LogP contribution in [0.3, 0.4) is 0 Å². The molecule has 118 valence electrons. The molecule has 0 aromatic heterocycles. The molecule has 1 unspecified atom stereocenters. The number of sulfonamides is 1. The summed E-state index contributed by atoms with van der Waals surface area (Å²) in [5.74, 6) is 0.764. The molecule has 0 bridgehead atoms. The molecule has 1 aromatic rings. The Balaban J connectivity index is 2.28. The van der Waals surface area contributed by atoms with E-state index in [2.05, 4.69) is 16.5 Å². The van der Waals surface area contributed by atoms with Crippen LogP contribution in [0.5, 0.6) is 0 Å². The lowest BCUT2D eigenvalue weighted by molar-refractivity contribution is 0.459. The molecule has 0 amide bonds. The number of nitrogens with zero attached hydrogens (tertiary/aromatic N) is 1. The number of nitrogens with one attached hydrogen (secondary N) is 1. The molecule has 5 nitrogen and oxygen atoms in total. The quantitative estimate of drug-likeness (QED) is 0.836. The molecule has 2 rings (SSSR count). The summed E-state index contributed by atoms with van der Waals surface area (Å²) in [5.41, 5.74) is 7.54. The highest BCUT2D eigenvalue weighted by Gasteiger charge is 2.20. The minimum Gasteiger partial charge on any atom is -0.397 e. The van der Waals surface area contributed by atoms with Gasteiger partial charge in [-0.1, -0.05) is 13.3 Å². The molecular formula is C15H25N3O2S. The molecule has 0 aliphatic carbocycles. The first kappa shape index (κ1) is 16.1. The Labute approximate surface area is 127 Å². The van der Waals surface area contributed by atoms with Crippen LogP contribution in [-0.2, 0) is 10.0 Å². The summed E-state index contributed by atoms with van der Waals surface area (Å²) in [5, 5.41) is 0. The lowest BCUT2D eigenvalue weighted by Crippen LogP contribution is -2.26. The Bertz CT molecular complexity index is 587.